The lowest BCUT2D eigenvalue weighted by Gasteiger charge is -2.20. The fourth-order valence-corrected chi connectivity index (χ4v) is 4.77. The van der Waals surface area contributed by atoms with Crippen molar-refractivity contribution in [1.82, 2.24) is 15.6 Å². The number of aromatic amines is 1. The molecule has 0 fully saturated rings. The normalized spacial score (nSPS) is 11.5. The zero-order valence-electron chi connectivity index (χ0n) is 22.6. The summed E-state index contributed by atoms with van der Waals surface area (Å²) in [4.78, 5) is 53.6. The van der Waals surface area contributed by atoms with Gasteiger partial charge in [0, 0.05) is 40.9 Å². The molecular weight excluding hydrogens is 529 g/mol. The monoisotopic (exact) mass is 555 g/mol. The Morgan fingerprint density at radius 2 is 1.66 bits per heavy atom. The SMILES string of the molecule is CNC(=O)c1c(-c2ccc(F)cc2)oc2c1cc(-c1cccc(C(=O)NC(C)(C)C)c1)c1[nH]cc(C(=O)C(=O)O)c12. The van der Waals surface area contributed by atoms with Gasteiger partial charge >= 0.3 is 5.97 Å². The van der Waals surface area contributed by atoms with E-state index in [2.05, 4.69) is 15.6 Å². The van der Waals surface area contributed by atoms with E-state index >= 15 is 0 Å². The van der Waals surface area contributed by atoms with Gasteiger partial charge in [-0.15, -0.1) is 0 Å². The molecule has 41 heavy (non-hydrogen) atoms. The van der Waals surface area contributed by atoms with Crippen LogP contribution in [0.15, 0.2) is 65.2 Å². The van der Waals surface area contributed by atoms with Crippen molar-refractivity contribution >= 4 is 45.4 Å². The first-order valence-corrected chi connectivity index (χ1v) is 12.7. The molecule has 2 aromatic heterocycles. The van der Waals surface area contributed by atoms with Crippen LogP contribution >= 0.6 is 0 Å². The van der Waals surface area contributed by atoms with Gasteiger partial charge in [-0.2, -0.15) is 0 Å². The molecule has 2 heterocycles. The summed E-state index contributed by atoms with van der Waals surface area (Å²) in [5.41, 5.74) is 1.81. The van der Waals surface area contributed by atoms with Crippen LogP contribution in [-0.2, 0) is 4.79 Å². The van der Waals surface area contributed by atoms with Crippen LogP contribution in [-0.4, -0.2) is 46.2 Å². The Balaban J connectivity index is 1.86. The predicted octanol–water partition coefficient (Wildman–Crippen LogP) is 5.54. The molecule has 4 N–H and O–H groups in total. The van der Waals surface area contributed by atoms with E-state index in [1.165, 1.54) is 37.5 Å². The van der Waals surface area contributed by atoms with Gasteiger partial charge in [0.1, 0.15) is 17.2 Å². The number of aromatic nitrogens is 1. The number of benzene rings is 3. The summed E-state index contributed by atoms with van der Waals surface area (Å²) >= 11 is 0. The molecule has 0 bridgehead atoms. The summed E-state index contributed by atoms with van der Waals surface area (Å²) in [5, 5.41) is 15.5. The number of furan rings is 1. The number of carboxylic acid groups (broad SMARTS) is 1. The topological polar surface area (TPSA) is 141 Å². The first-order valence-electron chi connectivity index (χ1n) is 12.7. The second-order valence-electron chi connectivity index (χ2n) is 10.6. The van der Waals surface area contributed by atoms with Crippen LogP contribution < -0.4 is 10.6 Å². The number of nitrogens with one attached hydrogen (secondary N) is 3. The van der Waals surface area contributed by atoms with E-state index in [0.29, 0.717) is 33.2 Å². The summed E-state index contributed by atoms with van der Waals surface area (Å²) < 4.78 is 19.9. The Hall–Kier alpha value is -5.25. The number of carbonyl (C=O) groups excluding carboxylic acids is 3. The van der Waals surface area contributed by atoms with Crippen LogP contribution in [0.4, 0.5) is 4.39 Å². The van der Waals surface area contributed by atoms with Gasteiger partial charge in [0.05, 0.1) is 22.0 Å². The summed E-state index contributed by atoms with van der Waals surface area (Å²) in [7, 11) is 1.45. The number of ketones is 1. The van der Waals surface area contributed by atoms with Crippen LogP contribution in [0.3, 0.4) is 0 Å². The third-order valence-corrected chi connectivity index (χ3v) is 6.53. The van der Waals surface area contributed by atoms with E-state index in [4.69, 9.17) is 4.42 Å². The number of hydrogen-bond donors (Lipinski definition) is 4. The quantitative estimate of drug-likeness (QED) is 0.160. The van der Waals surface area contributed by atoms with Crippen LogP contribution in [0.5, 0.6) is 0 Å². The molecule has 2 amide bonds. The average Bonchev–Trinajstić information content (AvgIpc) is 3.53. The van der Waals surface area contributed by atoms with Gasteiger partial charge in [-0.3, -0.25) is 14.4 Å². The predicted molar refractivity (Wildman–Crippen MR) is 151 cm³/mol. The second-order valence-corrected chi connectivity index (χ2v) is 10.6. The molecule has 0 radical (unpaired) electrons. The fraction of sp³-hybridized carbons (Fsp3) is 0.161. The van der Waals surface area contributed by atoms with Crippen molar-refractivity contribution in [3.63, 3.8) is 0 Å². The highest BCUT2D eigenvalue weighted by molar-refractivity contribution is 6.43. The minimum Gasteiger partial charge on any atom is -0.475 e. The molecule has 5 aromatic rings. The summed E-state index contributed by atoms with van der Waals surface area (Å²) in [6.07, 6.45) is 1.28. The standard InChI is InChI=1S/C31H26FN3O6/c1-31(2,3)35-28(37)17-7-5-6-16(12-17)19-13-20-23(29(38)33-4)26(15-8-10-18(32)11-9-15)41-27(20)22-21(14-34-24(19)22)25(36)30(39)40/h5-14,34H,1-4H3,(H,33,38)(H,35,37)(H,39,40). The molecule has 0 saturated heterocycles. The highest BCUT2D eigenvalue weighted by atomic mass is 19.1. The summed E-state index contributed by atoms with van der Waals surface area (Å²) in [6.45, 7) is 5.60. The van der Waals surface area contributed by atoms with Crippen LogP contribution in [0.1, 0.15) is 51.8 Å². The van der Waals surface area contributed by atoms with E-state index in [-0.39, 0.29) is 33.8 Å². The van der Waals surface area contributed by atoms with Gasteiger partial charge in [0.15, 0.2) is 0 Å². The first kappa shape index (κ1) is 27.3. The number of halogens is 1. The number of H-pyrrole nitrogens is 1. The van der Waals surface area contributed by atoms with E-state index < -0.39 is 29.0 Å². The highest BCUT2D eigenvalue weighted by Crippen LogP contribution is 2.43. The fourth-order valence-electron chi connectivity index (χ4n) is 4.77. The maximum Gasteiger partial charge on any atom is 0.377 e. The van der Waals surface area contributed by atoms with Crippen LogP contribution in [0, 0.1) is 5.82 Å². The number of amides is 2. The van der Waals surface area contributed by atoms with E-state index in [1.54, 1.807) is 30.3 Å². The minimum absolute atomic E-state index is 0.106. The second kappa shape index (κ2) is 10.1. The third kappa shape index (κ3) is 4.95. The third-order valence-electron chi connectivity index (χ3n) is 6.53. The molecule has 0 saturated carbocycles. The molecule has 208 valence electrons. The van der Waals surface area contributed by atoms with Gasteiger partial charge in [-0.05, 0) is 68.8 Å². The van der Waals surface area contributed by atoms with Crippen molar-refractivity contribution < 1.29 is 33.1 Å². The number of rotatable bonds is 6. The smallest absolute Gasteiger partial charge is 0.377 e. The van der Waals surface area contributed by atoms with Gasteiger partial charge in [-0.25, -0.2) is 9.18 Å². The molecule has 5 rings (SSSR count). The van der Waals surface area contributed by atoms with Gasteiger partial charge < -0.3 is 25.1 Å². The van der Waals surface area contributed by atoms with Gasteiger partial charge in [0.25, 0.3) is 17.6 Å². The Morgan fingerprint density at radius 1 is 0.951 bits per heavy atom. The number of fused-ring (bicyclic) bond motifs is 3. The molecule has 9 nitrogen and oxygen atoms in total. The van der Waals surface area contributed by atoms with Crippen molar-refractivity contribution in [2.75, 3.05) is 7.05 Å². The maximum absolute atomic E-state index is 13.7. The molecule has 0 unspecified atom stereocenters. The van der Waals surface area contributed by atoms with E-state index in [9.17, 15) is 28.7 Å². The number of hydrogen-bond acceptors (Lipinski definition) is 5. The number of carboxylic acids is 1. The minimum atomic E-state index is -1.66. The zero-order valence-corrected chi connectivity index (χ0v) is 22.6. The van der Waals surface area contributed by atoms with Crippen molar-refractivity contribution in [1.29, 1.82) is 0 Å². The molecule has 0 atom stereocenters. The molecule has 3 aromatic carbocycles. The van der Waals surface area contributed by atoms with Crippen molar-refractivity contribution in [2.45, 2.75) is 26.3 Å². The Labute approximate surface area is 233 Å². The van der Waals surface area contributed by atoms with Gasteiger partial charge in [0.2, 0.25) is 0 Å². The van der Waals surface area contributed by atoms with Crippen molar-refractivity contribution in [2.24, 2.45) is 0 Å². The molecule has 0 aliphatic heterocycles. The lowest BCUT2D eigenvalue weighted by atomic mass is 9.95. The average molecular weight is 556 g/mol. The molecule has 10 heteroatoms. The molecule has 0 aliphatic rings. The van der Waals surface area contributed by atoms with Crippen LogP contribution in [0.2, 0.25) is 0 Å². The molecular formula is C31H26FN3O6. The number of carbonyl (C=O) groups is 4. The lowest BCUT2D eigenvalue weighted by molar-refractivity contribution is -0.131. The number of Topliss-reactive ketones (excluding diaryl/α,β-unsaturated/α-hetero) is 1. The largest absolute Gasteiger partial charge is 0.475 e. The zero-order chi connectivity index (χ0) is 29.6. The van der Waals surface area contributed by atoms with Crippen LogP contribution in [0.25, 0.3) is 44.3 Å². The molecule has 0 spiro atoms. The first-order chi connectivity index (χ1) is 19.4. The lowest BCUT2D eigenvalue weighted by Crippen LogP contribution is -2.40. The van der Waals surface area contributed by atoms with E-state index in [0.717, 1.165) is 0 Å². The Bertz CT molecular complexity index is 1880. The Kier molecular flexibility index (Phi) is 6.70. The van der Waals surface area contributed by atoms with Gasteiger partial charge in [-0.1, -0.05) is 12.1 Å². The van der Waals surface area contributed by atoms with Crippen molar-refractivity contribution in [3.8, 4) is 22.5 Å². The Morgan fingerprint density at radius 3 is 2.29 bits per heavy atom. The highest BCUT2D eigenvalue weighted by Gasteiger charge is 2.29. The summed E-state index contributed by atoms with van der Waals surface area (Å²) in [5.74, 6) is -4.00. The maximum atomic E-state index is 13.7. The van der Waals surface area contributed by atoms with E-state index in [1.807, 2.05) is 20.8 Å². The molecule has 0 aliphatic carbocycles. The summed E-state index contributed by atoms with van der Waals surface area (Å²) in [6, 6.07) is 13.8. The van der Waals surface area contributed by atoms with Crippen molar-refractivity contribution in [3.05, 3.63) is 83.3 Å². The number of aliphatic carboxylic acids is 1.